The van der Waals surface area contributed by atoms with Crippen molar-refractivity contribution in [2.75, 3.05) is 6.61 Å². The van der Waals surface area contributed by atoms with Crippen molar-refractivity contribution in [2.24, 2.45) is 0 Å². The van der Waals surface area contributed by atoms with Crippen LogP contribution in [0.5, 0.6) is 0 Å². The molecule has 1 aliphatic rings. The molecule has 0 saturated carbocycles. The SMILES string of the molecule is Cc1cn([C@@H]2O[C@H](CO)C[C@H]2F)c(=O)[nH]c1=O. The summed E-state index contributed by atoms with van der Waals surface area (Å²) in [6.07, 6.45) is -1.79. The molecule has 1 fully saturated rings. The first kappa shape index (κ1) is 12.0. The first-order valence-electron chi connectivity index (χ1n) is 5.25. The van der Waals surface area contributed by atoms with E-state index in [0.29, 0.717) is 5.56 Å². The lowest BCUT2D eigenvalue weighted by Gasteiger charge is -2.16. The Kier molecular flexibility index (Phi) is 3.12. The summed E-state index contributed by atoms with van der Waals surface area (Å²) < 4.78 is 19.8. The van der Waals surface area contributed by atoms with Gasteiger partial charge in [-0.15, -0.1) is 0 Å². The third-order valence-electron chi connectivity index (χ3n) is 2.75. The average Bonchev–Trinajstić information content (AvgIpc) is 2.65. The molecule has 1 aromatic heterocycles. The van der Waals surface area contributed by atoms with Gasteiger partial charge in [0.2, 0.25) is 0 Å². The fourth-order valence-electron chi connectivity index (χ4n) is 1.84. The van der Waals surface area contributed by atoms with Crippen molar-refractivity contribution in [3.05, 3.63) is 32.6 Å². The van der Waals surface area contributed by atoms with Crippen LogP contribution in [0.15, 0.2) is 15.8 Å². The number of nitrogens with zero attached hydrogens (tertiary/aromatic N) is 1. The van der Waals surface area contributed by atoms with Gasteiger partial charge in [-0.3, -0.25) is 14.3 Å². The number of nitrogens with one attached hydrogen (secondary N) is 1. The van der Waals surface area contributed by atoms with Crippen LogP contribution in [0.3, 0.4) is 0 Å². The molecule has 3 atom stereocenters. The van der Waals surface area contributed by atoms with Gasteiger partial charge < -0.3 is 9.84 Å². The quantitative estimate of drug-likeness (QED) is 0.732. The molecule has 2 N–H and O–H groups in total. The van der Waals surface area contributed by atoms with E-state index in [1.165, 1.54) is 13.1 Å². The number of aliphatic hydroxyl groups is 1. The second kappa shape index (κ2) is 4.42. The molecule has 0 aromatic carbocycles. The summed E-state index contributed by atoms with van der Waals surface area (Å²) in [6, 6.07) is 0. The number of aromatic amines is 1. The lowest BCUT2D eigenvalue weighted by molar-refractivity contribution is -0.0395. The maximum atomic E-state index is 13.6. The number of aryl methyl sites for hydroxylation is 1. The molecule has 0 spiro atoms. The molecule has 0 aliphatic carbocycles. The number of aliphatic hydroxyl groups excluding tert-OH is 1. The second-order valence-electron chi connectivity index (χ2n) is 4.06. The molecule has 1 saturated heterocycles. The van der Waals surface area contributed by atoms with Crippen LogP contribution in [-0.2, 0) is 4.74 Å². The molecule has 0 unspecified atom stereocenters. The minimum absolute atomic E-state index is 0.0335. The molecule has 7 heteroatoms. The van der Waals surface area contributed by atoms with Crippen LogP contribution in [0.2, 0.25) is 0 Å². The van der Waals surface area contributed by atoms with Crippen molar-refractivity contribution in [1.29, 1.82) is 0 Å². The van der Waals surface area contributed by atoms with Crippen molar-refractivity contribution < 1.29 is 14.2 Å². The maximum absolute atomic E-state index is 13.6. The van der Waals surface area contributed by atoms with Gasteiger partial charge in [0.25, 0.3) is 5.56 Å². The van der Waals surface area contributed by atoms with Gasteiger partial charge in [0.15, 0.2) is 6.23 Å². The molecule has 94 valence electrons. The minimum atomic E-state index is -1.38. The molecule has 2 rings (SSSR count). The Morgan fingerprint density at radius 3 is 2.94 bits per heavy atom. The van der Waals surface area contributed by atoms with Gasteiger partial charge in [-0.2, -0.15) is 0 Å². The fraction of sp³-hybridized carbons (Fsp3) is 0.600. The number of aromatic nitrogens is 2. The van der Waals surface area contributed by atoms with E-state index in [0.717, 1.165) is 4.57 Å². The normalized spacial score (nSPS) is 28.5. The predicted molar refractivity (Wildman–Crippen MR) is 56.6 cm³/mol. The van der Waals surface area contributed by atoms with E-state index in [4.69, 9.17) is 9.84 Å². The number of hydrogen-bond acceptors (Lipinski definition) is 4. The predicted octanol–water partition coefficient (Wildman–Crippen LogP) is -0.537. The highest BCUT2D eigenvalue weighted by Gasteiger charge is 2.36. The van der Waals surface area contributed by atoms with Crippen molar-refractivity contribution in [2.45, 2.75) is 31.8 Å². The van der Waals surface area contributed by atoms with Gasteiger partial charge in [0.1, 0.15) is 6.17 Å². The molecule has 17 heavy (non-hydrogen) atoms. The molecular formula is C10H13FN2O4. The number of H-pyrrole nitrogens is 1. The van der Waals surface area contributed by atoms with Crippen LogP contribution < -0.4 is 11.2 Å². The van der Waals surface area contributed by atoms with Gasteiger partial charge in [0, 0.05) is 18.2 Å². The fourth-order valence-corrected chi connectivity index (χ4v) is 1.84. The molecular weight excluding hydrogens is 231 g/mol. The number of halogens is 1. The highest BCUT2D eigenvalue weighted by molar-refractivity contribution is 5.02. The Bertz CT molecular complexity index is 524. The van der Waals surface area contributed by atoms with Crippen molar-refractivity contribution in [3.63, 3.8) is 0 Å². The Hall–Kier alpha value is -1.47. The van der Waals surface area contributed by atoms with E-state index in [1.54, 1.807) is 0 Å². The highest BCUT2D eigenvalue weighted by atomic mass is 19.1. The topological polar surface area (TPSA) is 84.3 Å². The van der Waals surface area contributed by atoms with Crippen molar-refractivity contribution >= 4 is 0 Å². The summed E-state index contributed by atoms with van der Waals surface area (Å²) in [5.41, 5.74) is -0.918. The summed E-state index contributed by atoms with van der Waals surface area (Å²) >= 11 is 0. The lowest BCUT2D eigenvalue weighted by Crippen LogP contribution is -2.35. The molecule has 1 aliphatic heterocycles. The van der Waals surface area contributed by atoms with Crippen LogP contribution in [-0.4, -0.2) is 33.5 Å². The van der Waals surface area contributed by atoms with E-state index in [9.17, 15) is 14.0 Å². The van der Waals surface area contributed by atoms with E-state index in [1.807, 2.05) is 0 Å². The smallest absolute Gasteiger partial charge is 0.330 e. The van der Waals surface area contributed by atoms with Crippen LogP contribution in [0, 0.1) is 6.92 Å². The largest absolute Gasteiger partial charge is 0.394 e. The molecule has 2 heterocycles. The summed E-state index contributed by atoms with van der Waals surface area (Å²) in [5, 5.41) is 8.88. The zero-order chi connectivity index (χ0) is 12.6. The molecule has 1 aromatic rings. The average molecular weight is 244 g/mol. The third-order valence-corrected chi connectivity index (χ3v) is 2.75. The van der Waals surface area contributed by atoms with Gasteiger partial charge in [-0.05, 0) is 6.92 Å². The molecule has 0 bridgehead atoms. The van der Waals surface area contributed by atoms with Gasteiger partial charge in [-0.25, -0.2) is 9.18 Å². The summed E-state index contributed by atoms with van der Waals surface area (Å²) in [6.45, 7) is 1.22. The number of ether oxygens (including phenoxy) is 1. The zero-order valence-corrected chi connectivity index (χ0v) is 9.22. The number of alkyl halides is 1. The van der Waals surface area contributed by atoms with Crippen LogP contribution >= 0.6 is 0 Å². The van der Waals surface area contributed by atoms with Gasteiger partial charge >= 0.3 is 5.69 Å². The van der Waals surface area contributed by atoms with E-state index in [-0.39, 0.29) is 13.0 Å². The van der Waals surface area contributed by atoms with Crippen LogP contribution in [0.25, 0.3) is 0 Å². The zero-order valence-electron chi connectivity index (χ0n) is 9.22. The first-order chi connectivity index (χ1) is 8.02. The van der Waals surface area contributed by atoms with E-state index in [2.05, 4.69) is 4.98 Å². The maximum Gasteiger partial charge on any atom is 0.330 e. The molecule has 0 amide bonds. The van der Waals surface area contributed by atoms with Gasteiger partial charge in [-0.1, -0.05) is 0 Å². The second-order valence-corrected chi connectivity index (χ2v) is 4.06. The van der Waals surface area contributed by atoms with E-state index < -0.39 is 29.8 Å². The summed E-state index contributed by atoms with van der Waals surface area (Å²) in [7, 11) is 0. The minimum Gasteiger partial charge on any atom is -0.394 e. The molecule has 0 radical (unpaired) electrons. The van der Waals surface area contributed by atoms with Gasteiger partial charge in [0.05, 0.1) is 12.7 Å². The Morgan fingerprint density at radius 1 is 1.65 bits per heavy atom. The van der Waals surface area contributed by atoms with Crippen LogP contribution in [0.4, 0.5) is 4.39 Å². The number of rotatable bonds is 2. The Balaban J connectivity index is 2.38. The standard InChI is InChI=1S/C10H13FN2O4/c1-5-3-13(10(16)12-8(5)15)9-7(11)2-6(4-14)17-9/h3,6-7,9,14H,2,4H2,1H3,(H,12,15,16)/t6-,7+,9+/m0/s1. The highest BCUT2D eigenvalue weighted by Crippen LogP contribution is 2.29. The Morgan fingerprint density at radius 2 is 2.35 bits per heavy atom. The van der Waals surface area contributed by atoms with Crippen molar-refractivity contribution in [3.8, 4) is 0 Å². The third kappa shape index (κ3) is 2.16. The van der Waals surface area contributed by atoms with Crippen molar-refractivity contribution in [1.82, 2.24) is 9.55 Å². The van der Waals surface area contributed by atoms with E-state index >= 15 is 0 Å². The summed E-state index contributed by atoms with van der Waals surface area (Å²) in [4.78, 5) is 24.8. The molecule has 6 nitrogen and oxygen atoms in total. The lowest BCUT2D eigenvalue weighted by atomic mass is 10.2. The first-order valence-corrected chi connectivity index (χ1v) is 5.25. The summed E-state index contributed by atoms with van der Waals surface area (Å²) in [5.74, 6) is 0. The number of hydrogen-bond donors (Lipinski definition) is 2. The van der Waals surface area contributed by atoms with Crippen LogP contribution in [0.1, 0.15) is 18.2 Å². The monoisotopic (exact) mass is 244 g/mol. The Labute approximate surface area is 95.7 Å².